The molecule has 0 aliphatic rings. The molecular formula is C10H6ClNO2S. The van der Waals surface area contributed by atoms with Crippen LogP contribution in [-0.4, -0.2) is 16.1 Å². The number of carboxylic acids is 1. The van der Waals surface area contributed by atoms with Crippen LogP contribution in [0.1, 0.15) is 5.01 Å². The summed E-state index contributed by atoms with van der Waals surface area (Å²) in [5.74, 6) is -0.979. The second-order valence-corrected chi connectivity index (χ2v) is 4.33. The Kier molecular flexibility index (Phi) is 2.70. The Bertz CT molecular complexity index is 547. The molecule has 0 saturated heterocycles. The smallest absolute Gasteiger partial charge is 0.328 e. The van der Waals surface area contributed by atoms with E-state index in [1.165, 1.54) is 17.4 Å². The van der Waals surface area contributed by atoms with Gasteiger partial charge in [0.25, 0.3) is 0 Å². The summed E-state index contributed by atoms with van der Waals surface area (Å²) in [5.41, 5.74) is 0.789. The first-order valence-electron chi connectivity index (χ1n) is 4.12. The summed E-state index contributed by atoms with van der Waals surface area (Å²) in [6.07, 6.45) is 2.54. The van der Waals surface area contributed by atoms with Crippen molar-refractivity contribution in [1.29, 1.82) is 0 Å². The third-order valence-electron chi connectivity index (χ3n) is 1.73. The average molecular weight is 240 g/mol. The van der Waals surface area contributed by atoms with E-state index in [1.54, 1.807) is 12.1 Å². The molecule has 0 bridgehead atoms. The Morgan fingerprint density at radius 1 is 1.53 bits per heavy atom. The number of carboxylic acid groups (broad SMARTS) is 1. The predicted octanol–water partition coefficient (Wildman–Crippen LogP) is 3.05. The zero-order valence-corrected chi connectivity index (χ0v) is 9.05. The number of aliphatic carboxylic acids is 1. The number of hydrogen-bond acceptors (Lipinski definition) is 3. The fraction of sp³-hybridized carbons (Fsp3) is 0. The highest BCUT2D eigenvalue weighted by Crippen LogP contribution is 2.25. The summed E-state index contributed by atoms with van der Waals surface area (Å²) in [4.78, 5) is 14.5. The van der Waals surface area contributed by atoms with Crippen LogP contribution in [0.2, 0.25) is 5.02 Å². The first-order chi connectivity index (χ1) is 7.15. The summed E-state index contributed by atoms with van der Waals surface area (Å²) in [6, 6.07) is 5.41. The van der Waals surface area contributed by atoms with Gasteiger partial charge in [0.2, 0.25) is 0 Å². The fourth-order valence-electron chi connectivity index (χ4n) is 1.13. The van der Waals surface area contributed by atoms with E-state index in [4.69, 9.17) is 16.7 Å². The summed E-state index contributed by atoms with van der Waals surface area (Å²) in [6.45, 7) is 0. The average Bonchev–Trinajstić information content (AvgIpc) is 2.56. The summed E-state index contributed by atoms with van der Waals surface area (Å²) < 4.78 is 0.990. The first-order valence-corrected chi connectivity index (χ1v) is 5.32. The van der Waals surface area contributed by atoms with E-state index in [0.717, 1.165) is 16.3 Å². The summed E-state index contributed by atoms with van der Waals surface area (Å²) >= 11 is 7.24. The van der Waals surface area contributed by atoms with E-state index in [0.29, 0.717) is 10.0 Å². The van der Waals surface area contributed by atoms with Crippen LogP contribution < -0.4 is 0 Å². The van der Waals surface area contributed by atoms with Crippen LogP contribution in [0.15, 0.2) is 24.3 Å². The van der Waals surface area contributed by atoms with E-state index in [9.17, 15) is 4.79 Å². The number of hydrogen-bond donors (Lipinski definition) is 1. The maximum atomic E-state index is 10.3. The number of carbonyl (C=O) groups is 1. The van der Waals surface area contributed by atoms with Gasteiger partial charge in [-0.3, -0.25) is 0 Å². The number of aromatic nitrogens is 1. The summed E-state index contributed by atoms with van der Waals surface area (Å²) in [7, 11) is 0. The van der Waals surface area contributed by atoms with Gasteiger partial charge in [-0.05, 0) is 24.3 Å². The van der Waals surface area contributed by atoms with Gasteiger partial charge < -0.3 is 5.11 Å². The van der Waals surface area contributed by atoms with Gasteiger partial charge in [0.1, 0.15) is 5.01 Å². The Labute approximate surface area is 94.6 Å². The van der Waals surface area contributed by atoms with Crippen molar-refractivity contribution in [3.05, 3.63) is 34.3 Å². The van der Waals surface area contributed by atoms with Crippen molar-refractivity contribution in [2.45, 2.75) is 0 Å². The summed E-state index contributed by atoms with van der Waals surface area (Å²) in [5, 5.41) is 9.75. The van der Waals surface area contributed by atoms with Crippen LogP contribution in [-0.2, 0) is 4.79 Å². The molecule has 0 unspecified atom stereocenters. The van der Waals surface area contributed by atoms with Gasteiger partial charge in [-0.25, -0.2) is 9.78 Å². The third-order valence-corrected chi connectivity index (χ3v) is 2.97. The molecule has 0 spiro atoms. The van der Waals surface area contributed by atoms with Gasteiger partial charge in [-0.1, -0.05) is 11.6 Å². The Morgan fingerprint density at radius 2 is 2.33 bits per heavy atom. The quantitative estimate of drug-likeness (QED) is 0.820. The molecule has 1 aromatic heterocycles. The lowest BCUT2D eigenvalue weighted by molar-refractivity contribution is -0.131. The van der Waals surface area contributed by atoms with Gasteiger partial charge in [0, 0.05) is 11.1 Å². The minimum atomic E-state index is -0.979. The minimum absolute atomic E-state index is 0.626. The molecule has 1 N–H and O–H groups in total. The number of thiazole rings is 1. The Morgan fingerprint density at radius 3 is 3.07 bits per heavy atom. The van der Waals surface area contributed by atoms with E-state index in [-0.39, 0.29) is 0 Å². The maximum absolute atomic E-state index is 10.3. The molecule has 2 rings (SSSR count). The highest BCUT2D eigenvalue weighted by atomic mass is 35.5. The lowest BCUT2D eigenvalue weighted by Gasteiger charge is -1.86. The second-order valence-electron chi connectivity index (χ2n) is 2.84. The third kappa shape index (κ3) is 2.34. The van der Waals surface area contributed by atoms with Gasteiger partial charge >= 0.3 is 5.97 Å². The molecule has 0 aliphatic carbocycles. The van der Waals surface area contributed by atoms with Gasteiger partial charge in [-0.2, -0.15) is 0 Å². The Hall–Kier alpha value is -1.39. The number of halogens is 1. The van der Waals surface area contributed by atoms with E-state index in [1.807, 2.05) is 6.07 Å². The molecule has 15 heavy (non-hydrogen) atoms. The topological polar surface area (TPSA) is 50.2 Å². The molecule has 0 amide bonds. The maximum Gasteiger partial charge on any atom is 0.328 e. The highest BCUT2D eigenvalue weighted by molar-refractivity contribution is 7.19. The second kappa shape index (κ2) is 4.00. The molecule has 0 fully saturated rings. The zero-order valence-electron chi connectivity index (χ0n) is 7.48. The molecule has 1 heterocycles. The highest BCUT2D eigenvalue weighted by Gasteiger charge is 2.01. The Balaban J connectivity index is 2.43. The van der Waals surface area contributed by atoms with Crippen molar-refractivity contribution in [2.75, 3.05) is 0 Å². The van der Waals surface area contributed by atoms with Crippen LogP contribution in [0.25, 0.3) is 16.3 Å². The number of nitrogens with zero attached hydrogens (tertiary/aromatic N) is 1. The van der Waals surface area contributed by atoms with Crippen molar-refractivity contribution in [2.24, 2.45) is 0 Å². The molecular weight excluding hydrogens is 234 g/mol. The monoisotopic (exact) mass is 239 g/mol. The lowest BCUT2D eigenvalue weighted by Crippen LogP contribution is -1.84. The number of fused-ring (bicyclic) bond motifs is 1. The standard InChI is InChI=1S/C10H6ClNO2S/c11-6-1-2-8-7(5-6)12-9(15-8)3-4-10(13)14/h1-5H,(H,13,14)/b4-3+. The van der Waals surface area contributed by atoms with Gasteiger partial charge in [-0.15, -0.1) is 11.3 Å². The normalized spacial score (nSPS) is 11.3. The molecule has 2 aromatic rings. The molecule has 0 radical (unpaired) electrons. The molecule has 76 valence electrons. The van der Waals surface area contributed by atoms with Gasteiger partial charge in [0.15, 0.2) is 0 Å². The zero-order chi connectivity index (χ0) is 10.8. The van der Waals surface area contributed by atoms with Crippen molar-refractivity contribution in [3.63, 3.8) is 0 Å². The van der Waals surface area contributed by atoms with Crippen LogP contribution in [0.5, 0.6) is 0 Å². The van der Waals surface area contributed by atoms with Crippen molar-refractivity contribution >= 4 is 45.2 Å². The predicted molar refractivity (Wildman–Crippen MR) is 61.3 cm³/mol. The SMILES string of the molecule is O=C(O)/C=C/c1nc2cc(Cl)ccc2s1. The van der Waals surface area contributed by atoms with E-state index >= 15 is 0 Å². The molecule has 1 aromatic carbocycles. The van der Waals surface area contributed by atoms with Crippen molar-refractivity contribution < 1.29 is 9.90 Å². The molecule has 0 saturated carbocycles. The van der Waals surface area contributed by atoms with Gasteiger partial charge in [0.05, 0.1) is 10.2 Å². The van der Waals surface area contributed by atoms with Crippen LogP contribution in [0.4, 0.5) is 0 Å². The lowest BCUT2D eigenvalue weighted by atomic mass is 10.3. The molecule has 0 aliphatic heterocycles. The molecule has 5 heteroatoms. The number of benzene rings is 1. The van der Waals surface area contributed by atoms with Crippen LogP contribution in [0, 0.1) is 0 Å². The molecule has 3 nitrogen and oxygen atoms in total. The largest absolute Gasteiger partial charge is 0.478 e. The van der Waals surface area contributed by atoms with Crippen molar-refractivity contribution in [3.8, 4) is 0 Å². The van der Waals surface area contributed by atoms with Crippen molar-refractivity contribution in [1.82, 2.24) is 4.98 Å². The van der Waals surface area contributed by atoms with E-state index in [2.05, 4.69) is 4.98 Å². The first kappa shape index (κ1) is 10.1. The fourth-order valence-corrected chi connectivity index (χ4v) is 2.15. The molecule has 0 atom stereocenters. The van der Waals surface area contributed by atoms with E-state index < -0.39 is 5.97 Å². The minimum Gasteiger partial charge on any atom is -0.478 e. The van der Waals surface area contributed by atoms with Crippen LogP contribution >= 0.6 is 22.9 Å². The van der Waals surface area contributed by atoms with Crippen LogP contribution in [0.3, 0.4) is 0 Å². The number of rotatable bonds is 2.